The third kappa shape index (κ3) is 3.42. The molecular weight excluding hydrogens is 298 g/mol. The Kier molecular flexibility index (Phi) is 4.42. The molecule has 1 amide bonds. The zero-order chi connectivity index (χ0) is 16.4. The highest BCUT2D eigenvalue weighted by Gasteiger charge is 2.34. The van der Waals surface area contributed by atoms with Crippen molar-refractivity contribution in [2.75, 3.05) is 19.8 Å². The summed E-state index contributed by atoms with van der Waals surface area (Å²) in [6, 6.07) is 1.44. The predicted molar refractivity (Wildman–Crippen MR) is 80.8 cm³/mol. The van der Waals surface area contributed by atoms with E-state index in [4.69, 9.17) is 9.15 Å². The van der Waals surface area contributed by atoms with Gasteiger partial charge in [-0.3, -0.25) is 9.89 Å². The van der Waals surface area contributed by atoms with E-state index in [0.717, 1.165) is 12.1 Å². The van der Waals surface area contributed by atoms with Gasteiger partial charge in [-0.2, -0.15) is 5.10 Å². The number of carbonyl (C=O) groups is 1. The van der Waals surface area contributed by atoms with Crippen molar-refractivity contribution >= 4 is 5.91 Å². The molecule has 1 aliphatic rings. The van der Waals surface area contributed by atoms with E-state index in [2.05, 4.69) is 34.2 Å². The van der Waals surface area contributed by atoms with Gasteiger partial charge in [-0.25, -0.2) is 0 Å². The number of morpholine rings is 1. The molecule has 1 aliphatic heterocycles. The number of nitrogens with zero attached hydrogens (tertiary/aromatic N) is 4. The summed E-state index contributed by atoms with van der Waals surface area (Å²) in [7, 11) is 0. The van der Waals surface area contributed by atoms with Crippen LogP contribution >= 0.6 is 0 Å². The summed E-state index contributed by atoms with van der Waals surface area (Å²) in [4.78, 5) is 14.5. The minimum absolute atomic E-state index is 0.152. The monoisotopic (exact) mass is 319 g/mol. The van der Waals surface area contributed by atoms with E-state index >= 15 is 0 Å². The lowest BCUT2D eigenvalue weighted by Crippen LogP contribution is -2.43. The van der Waals surface area contributed by atoms with Crippen LogP contribution in [0.3, 0.4) is 0 Å². The average Bonchev–Trinajstić information content (AvgIpc) is 3.15. The zero-order valence-corrected chi connectivity index (χ0v) is 13.6. The lowest BCUT2D eigenvalue weighted by atomic mass is 10.1. The first-order valence-corrected chi connectivity index (χ1v) is 7.77. The van der Waals surface area contributed by atoms with Crippen molar-refractivity contribution in [3.8, 4) is 0 Å². The average molecular weight is 319 g/mol. The molecular formula is C15H21N5O3. The Morgan fingerprint density at radius 1 is 1.48 bits per heavy atom. The highest BCUT2D eigenvalue weighted by Crippen LogP contribution is 2.25. The van der Waals surface area contributed by atoms with E-state index in [1.807, 2.05) is 6.07 Å². The molecule has 0 aromatic carbocycles. The summed E-state index contributed by atoms with van der Waals surface area (Å²) in [5.41, 5.74) is 1.37. The number of aryl methyl sites for hydroxylation is 1. The molecule has 3 heterocycles. The molecule has 0 aliphatic carbocycles. The largest absolute Gasteiger partial charge is 0.423 e. The molecule has 23 heavy (non-hydrogen) atoms. The fourth-order valence-electron chi connectivity index (χ4n) is 2.66. The molecule has 3 rings (SSSR count). The van der Waals surface area contributed by atoms with Crippen LogP contribution in [-0.2, 0) is 11.2 Å². The molecule has 1 saturated heterocycles. The molecule has 124 valence electrons. The standard InChI is InChI=1S/C15H21N5O3/c1-9(2)6-11-7-12(18-17-11)15(21)20-4-5-22-8-13(20)14-19-16-10(3)23-14/h7,9,13H,4-6,8H2,1-3H3,(H,17,18)/t13-/m1/s1. The van der Waals surface area contributed by atoms with Gasteiger partial charge in [-0.15, -0.1) is 10.2 Å². The van der Waals surface area contributed by atoms with Crippen molar-refractivity contribution in [1.82, 2.24) is 25.3 Å². The molecule has 2 aromatic heterocycles. The minimum Gasteiger partial charge on any atom is -0.423 e. The molecule has 8 heteroatoms. The maximum Gasteiger partial charge on any atom is 0.275 e. The van der Waals surface area contributed by atoms with Crippen LogP contribution in [0.2, 0.25) is 0 Å². The van der Waals surface area contributed by atoms with E-state index in [0.29, 0.717) is 43.2 Å². The highest BCUT2D eigenvalue weighted by molar-refractivity contribution is 5.92. The van der Waals surface area contributed by atoms with Crippen LogP contribution in [0.1, 0.15) is 47.9 Å². The van der Waals surface area contributed by atoms with Crippen molar-refractivity contribution in [1.29, 1.82) is 0 Å². The number of rotatable bonds is 4. The van der Waals surface area contributed by atoms with Crippen LogP contribution in [0.15, 0.2) is 10.5 Å². The molecule has 1 fully saturated rings. The smallest absolute Gasteiger partial charge is 0.275 e. The Morgan fingerprint density at radius 2 is 2.30 bits per heavy atom. The molecule has 0 bridgehead atoms. The van der Waals surface area contributed by atoms with Gasteiger partial charge < -0.3 is 14.1 Å². The van der Waals surface area contributed by atoms with Crippen LogP contribution < -0.4 is 0 Å². The number of H-pyrrole nitrogens is 1. The zero-order valence-electron chi connectivity index (χ0n) is 13.6. The van der Waals surface area contributed by atoms with Gasteiger partial charge in [0.2, 0.25) is 11.8 Å². The van der Waals surface area contributed by atoms with Crippen LogP contribution in [0.5, 0.6) is 0 Å². The van der Waals surface area contributed by atoms with E-state index in [1.165, 1.54) is 0 Å². The van der Waals surface area contributed by atoms with E-state index in [1.54, 1.807) is 11.8 Å². The van der Waals surface area contributed by atoms with Crippen LogP contribution in [0, 0.1) is 12.8 Å². The van der Waals surface area contributed by atoms with Crippen molar-refractivity contribution in [3.05, 3.63) is 29.2 Å². The van der Waals surface area contributed by atoms with E-state index in [9.17, 15) is 4.79 Å². The van der Waals surface area contributed by atoms with Crippen molar-refractivity contribution in [2.45, 2.75) is 33.2 Å². The lowest BCUT2D eigenvalue weighted by Gasteiger charge is -2.32. The first-order valence-electron chi connectivity index (χ1n) is 7.77. The Bertz CT molecular complexity index is 678. The lowest BCUT2D eigenvalue weighted by molar-refractivity contribution is -0.0109. The summed E-state index contributed by atoms with van der Waals surface area (Å²) in [5, 5.41) is 14.9. The van der Waals surface area contributed by atoms with Crippen LogP contribution in [-0.4, -0.2) is 51.0 Å². The third-order valence-corrected chi connectivity index (χ3v) is 3.69. The highest BCUT2D eigenvalue weighted by atomic mass is 16.5. The van der Waals surface area contributed by atoms with Crippen molar-refractivity contribution < 1.29 is 13.9 Å². The number of aromatic amines is 1. The minimum atomic E-state index is -0.373. The molecule has 2 aromatic rings. The van der Waals surface area contributed by atoms with Crippen molar-refractivity contribution in [2.24, 2.45) is 5.92 Å². The summed E-state index contributed by atoms with van der Waals surface area (Å²) < 4.78 is 10.9. The first kappa shape index (κ1) is 15.7. The van der Waals surface area contributed by atoms with Gasteiger partial charge in [-0.05, 0) is 18.4 Å². The van der Waals surface area contributed by atoms with Gasteiger partial charge in [-0.1, -0.05) is 13.8 Å². The fourth-order valence-corrected chi connectivity index (χ4v) is 2.66. The molecule has 0 saturated carbocycles. The summed E-state index contributed by atoms with van der Waals surface area (Å²) in [6.45, 7) is 7.27. The molecule has 0 spiro atoms. The topological polar surface area (TPSA) is 97.1 Å². The third-order valence-electron chi connectivity index (χ3n) is 3.69. The Labute approximate surface area is 134 Å². The number of ether oxygens (including phenoxy) is 1. The second kappa shape index (κ2) is 6.49. The van der Waals surface area contributed by atoms with Gasteiger partial charge in [0.1, 0.15) is 11.7 Å². The number of hydrogen-bond donors (Lipinski definition) is 1. The Hall–Kier alpha value is -2.22. The number of nitrogens with one attached hydrogen (secondary N) is 1. The van der Waals surface area contributed by atoms with Crippen molar-refractivity contribution in [3.63, 3.8) is 0 Å². The summed E-state index contributed by atoms with van der Waals surface area (Å²) >= 11 is 0. The van der Waals surface area contributed by atoms with Gasteiger partial charge in [0.05, 0.1) is 13.2 Å². The van der Waals surface area contributed by atoms with Crippen LogP contribution in [0.4, 0.5) is 0 Å². The van der Waals surface area contributed by atoms with Gasteiger partial charge in [0.25, 0.3) is 5.91 Å². The maximum atomic E-state index is 12.8. The van der Waals surface area contributed by atoms with Crippen LogP contribution in [0.25, 0.3) is 0 Å². The number of carbonyl (C=O) groups excluding carboxylic acids is 1. The fraction of sp³-hybridized carbons (Fsp3) is 0.600. The predicted octanol–water partition coefficient (Wildman–Crippen LogP) is 1.51. The second-order valence-electron chi connectivity index (χ2n) is 6.12. The Balaban J connectivity index is 1.79. The number of aromatic nitrogens is 4. The number of amides is 1. The molecule has 8 nitrogen and oxygen atoms in total. The van der Waals surface area contributed by atoms with Gasteiger partial charge in [0, 0.05) is 19.2 Å². The molecule has 0 unspecified atom stereocenters. The SMILES string of the molecule is Cc1nnc([C@H]2COCCN2C(=O)c2cc(CC(C)C)[nH]n2)o1. The normalized spacial score (nSPS) is 18.6. The summed E-state index contributed by atoms with van der Waals surface area (Å²) in [5.74, 6) is 1.21. The molecule has 1 N–H and O–H groups in total. The second-order valence-corrected chi connectivity index (χ2v) is 6.12. The van der Waals surface area contributed by atoms with E-state index in [-0.39, 0.29) is 11.9 Å². The van der Waals surface area contributed by atoms with Gasteiger partial charge >= 0.3 is 0 Å². The van der Waals surface area contributed by atoms with E-state index < -0.39 is 0 Å². The first-order chi connectivity index (χ1) is 11.0. The Morgan fingerprint density at radius 3 is 3.00 bits per heavy atom. The summed E-state index contributed by atoms with van der Waals surface area (Å²) in [6.07, 6.45) is 0.857. The van der Waals surface area contributed by atoms with Gasteiger partial charge in [0.15, 0.2) is 0 Å². The maximum absolute atomic E-state index is 12.8. The molecule has 0 radical (unpaired) electrons. The molecule has 1 atom stereocenters. The number of hydrogen-bond acceptors (Lipinski definition) is 6. The quantitative estimate of drug-likeness (QED) is 0.917.